The fraction of sp³-hybridized carbons (Fsp3) is 0.500. The second-order valence-corrected chi connectivity index (χ2v) is 6.03. The van der Waals surface area contributed by atoms with Crippen LogP contribution in [0, 0.1) is 6.92 Å². The predicted molar refractivity (Wildman–Crippen MR) is 89.6 cm³/mol. The van der Waals surface area contributed by atoms with Crippen molar-refractivity contribution in [1.82, 2.24) is 15.0 Å². The Hall–Kier alpha value is -2.37. The number of benzene rings is 1. The molecule has 0 amide bonds. The highest BCUT2D eigenvalue weighted by atomic mass is 16.5. The van der Waals surface area contributed by atoms with Gasteiger partial charge in [-0.3, -0.25) is 0 Å². The second kappa shape index (κ2) is 7.47. The third kappa shape index (κ3) is 3.58. The summed E-state index contributed by atoms with van der Waals surface area (Å²) in [6, 6.07) is 7.53. The van der Waals surface area contributed by atoms with Crippen molar-refractivity contribution in [3.63, 3.8) is 0 Å². The van der Waals surface area contributed by atoms with E-state index in [0.717, 1.165) is 37.1 Å². The van der Waals surface area contributed by atoms with E-state index >= 15 is 0 Å². The van der Waals surface area contributed by atoms with Gasteiger partial charge in [0.1, 0.15) is 11.9 Å². The lowest BCUT2D eigenvalue weighted by Gasteiger charge is -2.21. The number of rotatable bonds is 5. The number of ether oxygens (including phenoxy) is 2. The minimum absolute atomic E-state index is 0.0151. The Morgan fingerprint density at radius 2 is 1.92 bits per heavy atom. The van der Waals surface area contributed by atoms with Crippen molar-refractivity contribution >= 4 is 5.97 Å². The van der Waals surface area contributed by atoms with Crippen LogP contribution in [0.25, 0.3) is 5.69 Å². The van der Waals surface area contributed by atoms with E-state index in [4.69, 9.17) is 9.47 Å². The molecule has 0 aliphatic heterocycles. The number of aromatic nitrogens is 3. The van der Waals surface area contributed by atoms with Gasteiger partial charge in [-0.2, -0.15) is 0 Å². The monoisotopic (exact) mass is 329 g/mol. The molecule has 1 aliphatic rings. The van der Waals surface area contributed by atoms with Crippen LogP contribution in [-0.2, 0) is 4.74 Å². The minimum atomic E-state index is -0.378. The molecule has 6 nitrogen and oxygen atoms in total. The van der Waals surface area contributed by atoms with E-state index in [0.29, 0.717) is 12.3 Å². The lowest BCUT2D eigenvalue weighted by molar-refractivity contribution is 0.0203. The fourth-order valence-corrected chi connectivity index (χ4v) is 3.00. The van der Waals surface area contributed by atoms with E-state index < -0.39 is 0 Å². The van der Waals surface area contributed by atoms with Gasteiger partial charge in [-0.25, -0.2) is 9.48 Å². The van der Waals surface area contributed by atoms with Gasteiger partial charge < -0.3 is 9.47 Å². The van der Waals surface area contributed by atoms with Gasteiger partial charge in [-0.15, -0.1) is 5.10 Å². The van der Waals surface area contributed by atoms with Crippen LogP contribution in [0.4, 0.5) is 0 Å². The molecule has 0 N–H and O–H groups in total. The fourth-order valence-electron chi connectivity index (χ4n) is 3.00. The topological polar surface area (TPSA) is 66.2 Å². The number of carbonyl (C=O) groups excluding carboxylic acids is 1. The molecule has 2 aromatic rings. The maximum absolute atomic E-state index is 12.4. The standard InChI is InChI=1S/C18H23N3O3/c1-3-23-15-11-9-14(10-12-15)21-13(2)17(19-20-21)18(22)24-16-7-5-4-6-8-16/h9-12,16H,3-8H2,1-2H3. The van der Waals surface area contributed by atoms with E-state index in [1.807, 2.05) is 38.1 Å². The predicted octanol–water partition coefficient (Wildman–Crippen LogP) is 3.46. The van der Waals surface area contributed by atoms with Crippen molar-refractivity contribution in [3.05, 3.63) is 35.7 Å². The Labute approximate surface area is 141 Å². The van der Waals surface area contributed by atoms with Crippen LogP contribution < -0.4 is 4.74 Å². The molecule has 0 atom stereocenters. The zero-order valence-electron chi connectivity index (χ0n) is 14.2. The normalized spacial score (nSPS) is 15.2. The number of nitrogens with zero attached hydrogens (tertiary/aromatic N) is 3. The zero-order chi connectivity index (χ0) is 16.9. The van der Waals surface area contributed by atoms with Gasteiger partial charge in [-0.1, -0.05) is 11.6 Å². The second-order valence-electron chi connectivity index (χ2n) is 6.03. The summed E-state index contributed by atoms with van der Waals surface area (Å²) in [7, 11) is 0. The molecule has 1 fully saturated rings. The first kappa shape index (κ1) is 16.5. The summed E-state index contributed by atoms with van der Waals surface area (Å²) in [5, 5.41) is 8.12. The van der Waals surface area contributed by atoms with Crippen molar-refractivity contribution in [2.75, 3.05) is 6.61 Å². The largest absolute Gasteiger partial charge is 0.494 e. The molecule has 3 rings (SSSR count). The van der Waals surface area contributed by atoms with Crippen molar-refractivity contribution in [2.24, 2.45) is 0 Å². The van der Waals surface area contributed by atoms with E-state index in [1.165, 1.54) is 6.42 Å². The maximum atomic E-state index is 12.4. The molecular weight excluding hydrogens is 306 g/mol. The van der Waals surface area contributed by atoms with Gasteiger partial charge in [-0.05, 0) is 63.8 Å². The first-order valence-corrected chi connectivity index (χ1v) is 8.55. The highest BCUT2D eigenvalue weighted by Crippen LogP contribution is 2.22. The Kier molecular flexibility index (Phi) is 5.13. The van der Waals surface area contributed by atoms with Crippen molar-refractivity contribution in [3.8, 4) is 11.4 Å². The Morgan fingerprint density at radius 1 is 1.21 bits per heavy atom. The highest BCUT2D eigenvalue weighted by Gasteiger charge is 2.23. The zero-order valence-corrected chi connectivity index (χ0v) is 14.2. The molecule has 0 bridgehead atoms. The summed E-state index contributed by atoms with van der Waals surface area (Å²) >= 11 is 0. The van der Waals surface area contributed by atoms with Gasteiger partial charge in [0.15, 0.2) is 5.69 Å². The van der Waals surface area contributed by atoms with E-state index in [2.05, 4.69) is 10.3 Å². The van der Waals surface area contributed by atoms with Crippen LogP contribution in [0.3, 0.4) is 0 Å². The van der Waals surface area contributed by atoms with Gasteiger partial charge in [0, 0.05) is 0 Å². The molecule has 0 spiro atoms. The molecule has 1 aliphatic carbocycles. The molecule has 1 saturated carbocycles. The van der Waals surface area contributed by atoms with Crippen molar-refractivity contribution in [2.45, 2.75) is 52.1 Å². The summed E-state index contributed by atoms with van der Waals surface area (Å²) < 4.78 is 12.7. The molecule has 1 heterocycles. The highest BCUT2D eigenvalue weighted by molar-refractivity contribution is 5.88. The summed E-state index contributed by atoms with van der Waals surface area (Å²) in [6.45, 7) is 4.40. The van der Waals surface area contributed by atoms with E-state index in [-0.39, 0.29) is 17.8 Å². The summed E-state index contributed by atoms with van der Waals surface area (Å²) in [4.78, 5) is 12.4. The quantitative estimate of drug-likeness (QED) is 0.786. The molecule has 6 heteroatoms. The average Bonchev–Trinajstić information content (AvgIpc) is 2.98. The summed E-state index contributed by atoms with van der Waals surface area (Å²) in [5.74, 6) is 0.424. The molecule has 24 heavy (non-hydrogen) atoms. The summed E-state index contributed by atoms with van der Waals surface area (Å²) in [5.41, 5.74) is 1.80. The van der Waals surface area contributed by atoms with Crippen LogP contribution in [0.15, 0.2) is 24.3 Å². The first-order chi connectivity index (χ1) is 11.7. The number of esters is 1. The van der Waals surface area contributed by atoms with Crippen LogP contribution >= 0.6 is 0 Å². The molecule has 0 unspecified atom stereocenters. The molecule has 1 aromatic heterocycles. The lowest BCUT2D eigenvalue weighted by Crippen LogP contribution is -2.21. The van der Waals surface area contributed by atoms with Crippen LogP contribution in [0.5, 0.6) is 5.75 Å². The van der Waals surface area contributed by atoms with Crippen molar-refractivity contribution in [1.29, 1.82) is 0 Å². The average molecular weight is 329 g/mol. The van der Waals surface area contributed by atoms with Crippen LogP contribution in [-0.4, -0.2) is 33.7 Å². The molecule has 0 radical (unpaired) electrons. The van der Waals surface area contributed by atoms with Crippen LogP contribution in [0.1, 0.15) is 55.2 Å². The van der Waals surface area contributed by atoms with Crippen LogP contribution in [0.2, 0.25) is 0 Å². The lowest BCUT2D eigenvalue weighted by atomic mass is 9.98. The molecule has 1 aromatic carbocycles. The third-order valence-corrected chi connectivity index (χ3v) is 4.31. The Morgan fingerprint density at radius 3 is 2.58 bits per heavy atom. The SMILES string of the molecule is CCOc1ccc(-n2nnc(C(=O)OC3CCCCC3)c2C)cc1. The number of carbonyl (C=O) groups is 1. The molecule has 128 valence electrons. The van der Waals surface area contributed by atoms with E-state index in [9.17, 15) is 4.79 Å². The van der Waals surface area contributed by atoms with Gasteiger partial charge in [0.05, 0.1) is 18.0 Å². The molecule has 0 saturated heterocycles. The van der Waals surface area contributed by atoms with Crippen molar-refractivity contribution < 1.29 is 14.3 Å². The van der Waals surface area contributed by atoms with Gasteiger partial charge in [0.25, 0.3) is 0 Å². The minimum Gasteiger partial charge on any atom is -0.494 e. The Balaban J connectivity index is 1.73. The smallest absolute Gasteiger partial charge is 0.361 e. The van der Waals surface area contributed by atoms with E-state index in [1.54, 1.807) is 4.68 Å². The summed E-state index contributed by atoms with van der Waals surface area (Å²) in [6.07, 6.45) is 5.36. The maximum Gasteiger partial charge on any atom is 0.361 e. The number of hydrogen-bond acceptors (Lipinski definition) is 5. The van der Waals surface area contributed by atoms with Gasteiger partial charge in [0.2, 0.25) is 0 Å². The molecular formula is C18H23N3O3. The van der Waals surface area contributed by atoms with Gasteiger partial charge >= 0.3 is 5.97 Å². The first-order valence-electron chi connectivity index (χ1n) is 8.55. The number of hydrogen-bond donors (Lipinski definition) is 0. The Bertz CT molecular complexity index is 688. The third-order valence-electron chi connectivity index (χ3n) is 4.31.